The first-order valence-corrected chi connectivity index (χ1v) is 11.7. The predicted molar refractivity (Wildman–Crippen MR) is 132 cm³/mol. The van der Waals surface area contributed by atoms with Gasteiger partial charge in [0, 0.05) is 48.4 Å². The van der Waals surface area contributed by atoms with Crippen molar-refractivity contribution in [2.75, 3.05) is 33.8 Å². The number of benzene rings is 1. The second-order valence-corrected chi connectivity index (χ2v) is 9.50. The summed E-state index contributed by atoms with van der Waals surface area (Å²) in [5, 5.41) is 3.79. The monoisotopic (exact) mass is 457 g/mol. The number of nitrogens with zero attached hydrogens (tertiary/aromatic N) is 2. The molecule has 3 rings (SSSR count). The van der Waals surface area contributed by atoms with Gasteiger partial charge in [0.2, 0.25) is 0 Å². The molecule has 1 fully saturated rings. The summed E-state index contributed by atoms with van der Waals surface area (Å²) in [5.74, 6) is 1.46. The lowest BCUT2D eigenvalue weighted by molar-refractivity contribution is -0.117. The number of hydrogen-bond donors (Lipinski definition) is 1. The number of carbonyl (C=O) groups is 1. The van der Waals surface area contributed by atoms with E-state index in [2.05, 4.69) is 42.1 Å². The molecule has 2 aliphatic heterocycles. The fourth-order valence-corrected chi connectivity index (χ4v) is 5.54. The van der Waals surface area contributed by atoms with E-state index >= 15 is 0 Å². The first-order chi connectivity index (χ1) is 15.1. The van der Waals surface area contributed by atoms with Gasteiger partial charge in [-0.15, -0.1) is 0 Å². The second kappa shape index (κ2) is 9.62. The number of carbonyl (C=O) groups excluding carboxylic acids is 1. The maximum atomic E-state index is 12.9. The summed E-state index contributed by atoms with van der Waals surface area (Å²) in [5.41, 5.74) is 4.92. The van der Waals surface area contributed by atoms with Crippen LogP contribution in [0, 0.1) is 6.92 Å². The van der Waals surface area contributed by atoms with Crippen LogP contribution in [0.25, 0.3) is 0 Å². The lowest BCUT2D eigenvalue weighted by Gasteiger charge is -2.45. The topological polar surface area (TPSA) is 44.8 Å². The largest absolute Gasteiger partial charge is 0.496 e. The molecule has 174 valence electrons. The highest BCUT2D eigenvalue weighted by Gasteiger charge is 2.40. The molecule has 0 aliphatic carbocycles. The number of nitrogens with one attached hydrogen (secondary N) is 1. The Hall–Kier alpha value is -2.40. The SMILES string of the molecule is C=C(NC(=O)C1=C(C)N(C)CCC1)N1CCC(C(=C)C)(c2c(Cl)ccc(OC)c2C)CC1. The average molecular weight is 458 g/mol. The number of ether oxygens (including phenoxy) is 1. The Morgan fingerprint density at radius 2 is 1.84 bits per heavy atom. The number of amides is 1. The van der Waals surface area contributed by atoms with Gasteiger partial charge in [-0.2, -0.15) is 0 Å². The summed E-state index contributed by atoms with van der Waals surface area (Å²) in [6, 6.07) is 3.83. The minimum atomic E-state index is -0.234. The van der Waals surface area contributed by atoms with Gasteiger partial charge in [0.1, 0.15) is 11.6 Å². The average Bonchev–Trinajstić information content (AvgIpc) is 2.76. The van der Waals surface area contributed by atoms with Crippen LogP contribution in [0.5, 0.6) is 5.75 Å². The lowest BCUT2D eigenvalue weighted by Crippen LogP contribution is -2.46. The van der Waals surface area contributed by atoms with Crippen molar-refractivity contribution in [3.05, 3.63) is 64.1 Å². The van der Waals surface area contributed by atoms with Crippen LogP contribution in [0.3, 0.4) is 0 Å². The van der Waals surface area contributed by atoms with Crippen LogP contribution in [0.15, 0.2) is 48.0 Å². The summed E-state index contributed by atoms with van der Waals surface area (Å²) in [6.07, 6.45) is 3.49. The summed E-state index contributed by atoms with van der Waals surface area (Å²) in [6.45, 7) is 17.2. The lowest BCUT2D eigenvalue weighted by atomic mass is 9.67. The zero-order chi connectivity index (χ0) is 23.6. The Morgan fingerprint density at radius 1 is 1.19 bits per heavy atom. The highest BCUT2D eigenvalue weighted by atomic mass is 35.5. The molecule has 5 nitrogen and oxygen atoms in total. The maximum Gasteiger partial charge on any atom is 0.254 e. The third-order valence-electron chi connectivity index (χ3n) is 7.34. The zero-order valence-corrected chi connectivity index (χ0v) is 20.9. The van der Waals surface area contributed by atoms with Gasteiger partial charge in [-0.05, 0) is 69.7 Å². The number of hydrogen-bond acceptors (Lipinski definition) is 4. The van der Waals surface area contributed by atoms with Crippen molar-refractivity contribution in [3.63, 3.8) is 0 Å². The summed E-state index contributed by atoms with van der Waals surface area (Å²) in [4.78, 5) is 17.2. The molecule has 1 saturated heterocycles. The highest BCUT2D eigenvalue weighted by molar-refractivity contribution is 6.31. The molecule has 0 saturated carbocycles. The Balaban J connectivity index is 1.77. The van der Waals surface area contributed by atoms with Gasteiger partial charge in [-0.3, -0.25) is 4.79 Å². The van der Waals surface area contributed by atoms with Crippen LogP contribution in [0.1, 0.15) is 50.7 Å². The van der Waals surface area contributed by atoms with E-state index in [4.69, 9.17) is 16.3 Å². The van der Waals surface area contributed by atoms with E-state index in [9.17, 15) is 4.79 Å². The number of likely N-dealkylation sites (tertiary alicyclic amines) is 1. The number of piperidine rings is 1. The zero-order valence-electron chi connectivity index (χ0n) is 20.1. The van der Waals surface area contributed by atoms with Crippen molar-refractivity contribution in [2.45, 2.75) is 51.9 Å². The Kier molecular flexibility index (Phi) is 7.29. The molecule has 1 N–H and O–H groups in total. The summed E-state index contributed by atoms with van der Waals surface area (Å²) in [7, 11) is 3.72. The Labute approximate surface area is 197 Å². The molecule has 0 spiro atoms. The molecular weight excluding hydrogens is 422 g/mol. The van der Waals surface area contributed by atoms with Crippen LogP contribution in [0.4, 0.5) is 0 Å². The standard InChI is InChI=1S/C26H36ClN3O2/c1-17(2)26(24-18(3)23(32-7)11-10-22(24)27)12-15-30(16-13-26)20(5)28-25(31)21-9-8-14-29(6)19(21)4/h10-11H,1,5,8-9,12-16H2,2-4,6-7H3,(H,28,31). The van der Waals surface area contributed by atoms with Gasteiger partial charge in [0.05, 0.1) is 7.11 Å². The van der Waals surface area contributed by atoms with Gasteiger partial charge >= 0.3 is 0 Å². The van der Waals surface area contributed by atoms with E-state index in [1.54, 1.807) is 7.11 Å². The molecule has 1 aromatic carbocycles. The van der Waals surface area contributed by atoms with Crippen molar-refractivity contribution < 1.29 is 9.53 Å². The van der Waals surface area contributed by atoms with Crippen LogP contribution in [-0.2, 0) is 10.2 Å². The summed E-state index contributed by atoms with van der Waals surface area (Å²) >= 11 is 6.71. The first-order valence-electron chi connectivity index (χ1n) is 11.3. The van der Waals surface area contributed by atoms with Gasteiger partial charge < -0.3 is 19.9 Å². The van der Waals surface area contributed by atoms with Gasteiger partial charge in [-0.1, -0.05) is 30.3 Å². The van der Waals surface area contributed by atoms with Crippen molar-refractivity contribution in [1.29, 1.82) is 0 Å². The van der Waals surface area contributed by atoms with E-state index < -0.39 is 0 Å². The Morgan fingerprint density at radius 3 is 2.44 bits per heavy atom. The fraction of sp³-hybridized carbons (Fsp3) is 0.500. The molecule has 0 aromatic heterocycles. The maximum absolute atomic E-state index is 12.9. The van der Waals surface area contributed by atoms with Crippen LogP contribution in [0.2, 0.25) is 5.02 Å². The minimum absolute atomic E-state index is 0.0394. The van der Waals surface area contributed by atoms with E-state index in [1.165, 1.54) is 0 Å². The van der Waals surface area contributed by atoms with Gasteiger partial charge in [-0.25, -0.2) is 0 Å². The summed E-state index contributed by atoms with van der Waals surface area (Å²) < 4.78 is 5.57. The van der Waals surface area contributed by atoms with E-state index in [1.807, 2.05) is 26.1 Å². The number of rotatable bonds is 6. The molecular formula is C26H36ClN3O2. The molecule has 1 aromatic rings. The molecule has 2 aliphatic rings. The van der Waals surface area contributed by atoms with E-state index in [0.29, 0.717) is 5.82 Å². The molecule has 0 bridgehead atoms. The van der Waals surface area contributed by atoms with Gasteiger partial charge in [0.25, 0.3) is 5.91 Å². The first kappa shape index (κ1) is 24.2. The molecule has 6 heteroatoms. The Bertz CT molecular complexity index is 958. The number of methoxy groups -OCH3 is 1. The minimum Gasteiger partial charge on any atom is -0.496 e. The molecule has 1 amide bonds. The van der Waals surface area contributed by atoms with E-state index in [-0.39, 0.29) is 11.3 Å². The predicted octanol–water partition coefficient (Wildman–Crippen LogP) is 5.15. The molecule has 0 atom stereocenters. The fourth-order valence-electron chi connectivity index (χ4n) is 5.15. The molecule has 0 radical (unpaired) electrons. The van der Waals surface area contributed by atoms with Crippen LogP contribution < -0.4 is 10.1 Å². The van der Waals surface area contributed by atoms with Crippen LogP contribution in [-0.4, -0.2) is 49.5 Å². The van der Waals surface area contributed by atoms with E-state index in [0.717, 1.165) is 84.1 Å². The number of allylic oxidation sites excluding steroid dienone is 2. The highest BCUT2D eigenvalue weighted by Crippen LogP contribution is 2.47. The third-order valence-corrected chi connectivity index (χ3v) is 7.66. The molecule has 0 unspecified atom stereocenters. The van der Waals surface area contributed by atoms with Crippen molar-refractivity contribution >= 4 is 17.5 Å². The molecule has 32 heavy (non-hydrogen) atoms. The van der Waals surface area contributed by atoms with Gasteiger partial charge in [0.15, 0.2) is 0 Å². The van der Waals surface area contributed by atoms with Crippen molar-refractivity contribution in [3.8, 4) is 5.75 Å². The number of halogens is 1. The second-order valence-electron chi connectivity index (χ2n) is 9.09. The quantitative estimate of drug-likeness (QED) is 0.600. The van der Waals surface area contributed by atoms with Crippen LogP contribution >= 0.6 is 11.6 Å². The third kappa shape index (κ3) is 4.40. The normalized spacial score (nSPS) is 18.4. The van der Waals surface area contributed by atoms with Crippen molar-refractivity contribution in [1.82, 2.24) is 15.1 Å². The smallest absolute Gasteiger partial charge is 0.254 e. The molecule has 2 heterocycles. The van der Waals surface area contributed by atoms with Crippen molar-refractivity contribution in [2.24, 2.45) is 0 Å².